The maximum Gasteiger partial charge on any atom is 0.261 e. The Morgan fingerprint density at radius 1 is 1.23 bits per heavy atom. The number of aromatic nitrogens is 4. The van der Waals surface area contributed by atoms with Crippen molar-refractivity contribution in [2.24, 2.45) is 5.92 Å². The van der Waals surface area contributed by atoms with Crippen LogP contribution < -0.4 is 10.9 Å². The van der Waals surface area contributed by atoms with Gasteiger partial charge in [-0.2, -0.15) is 4.98 Å². The highest BCUT2D eigenvalue weighted by Gasteiger charge is 2.27. The van der Waals surface area contributed by atoms with Crippen LogP contribution in [0.3, 0.4) is 0 Å². The average molecular weight is 410 g/mol. The van der Waals surface area contributed by atoms with E-state index in [4.69, 9.17) is 4.52 Å². The molecule has 0 bridgehead atoms. The van der Waals surface area contributed by atoms with Gasteiger partial charge in [0.25, 0.3) is 5.56 Å². The molecule has 1 N–H and O–H groups in total. The van der Waals surface area contributed by atoms with Gasteiger partial charge in [-0.1, -0.05) is 17.3 Å². The van der Waals surface area contributed by atoms with Crippen LogP contribution in [0.1, 0.15) is 24.6 Å². The number of carbonyl (C=O) groups excluding carboxylic acids is 2. The van der Waals surface area contributed by atoms with E-state index in [9.17, 15) is 14.4 Å². The molecule has 2 aromatic heterocycles. The summed E-state index contributed by atoms with van der Waals surface area (Å²) in [4.78, 5) is 47.6. The quantitative estimate of drug-likeness (QED) is 0.655. The van der Waals surface area contributed by atoms with Crippen LogP contribution in [0.5, 0.6) is 0 Å². The number of nitrogens with one attached hydrogen (secondary N) is 1. The van der Waals surface area contributed by atoms with Gasteiger partial charge in [0.05, 0.1) is 23.8 Å². The number of likely N-dealkylation sites (tertiary alicyclic amines) is 1. The second-order valence-electron chi connectivity index (χ2n) is 7.30. The van der Waals surface area contributed by atoms with Crippen LogP contribution in [0.25, 0.3) is 10.9 Å². The van der Waals surface area contributed by atoms with Crippen LogP contribution in [0.4, 0.5) is 0 Å². The van der Waals surface area contributed by atoms with E-state index in [-0.39, 0.29) is 36.4 Å². The number of hydrogen-bond donors (Lipinski definition) is 1. The summed E-state index contributed by atoms with van der Waals surface area (Å²) in [5.74, 6) is 0.458. The van der Waals surface area contributed by atoms with E-state index in [2.05, 4.69) is 20.4 Å². The Bertz CT molecular complexity index is 1130. The lowest BCUT2D eigenvalue weighted by atomic mass is 9.96. The summed E-state index contributed by atoms with van der Waals surface area (Å²) < 4.78 is 6.31. The number of aryl methyl sites for hydroxylation is 1. The first kappa shape index (κ1) is 19.7. The number of benzene rings is 1. The molecule has 3 heterocycles. The fourth-order valence-corrected chi connectivity index (χ4v) is 3.57. The van der Waals surface area contributed by atoms with Crippen molar-refractivity contribution < 1.29 is 14.1 Å². The number of hydrogen-bond acceptors (Lipinski definition) is 7. The van der Waals surface area contributed by atoms with Crippen molar-refractivity contribution in [3.8, 4) is 0 Å². The average Bonchev–Trinajstić information content (AvgIpc) is 3.19. The summed E-state index contributed by atoms with van der Waals surface area (Å²) in [6, 6.07) is 7.05. The Morgan fingerprint density at radius 2 is 2.00 bits per heavy atom. The van der Waals surface area contributed by atoms with Crippen molar-refractivity contribution in [2.45, 2.75) is 32.9 Å². The number of piperidine rings is 1. The van der Waals surface area contributed by atoms with Crippen LogP contribution in [0.15, 0.2) is 39.9 Å². The van der Waals surface area contributed by atoms with Gasteiger partial charge < -0.3 is 14.7 Å². The maximum absolute atomic E-state index is 12.7. The van der Waals surface area contributed by atoms with Gasteiger partial charge in [-0.15, -0.1) is 0 Å². The first-order valence-electron chi connectivity index (χ1n) is 9.80. The van der Waals surface area contributed by atoms with Crippen LogP contribution in [0, 0.1) is 12.8 Å². The van der Waals surface area contributed by atoms with Gasteiger partial charge in [-0.25, -0.2) is 4.98 Å². The first-order valence-corrected chi connectivity index (χ1v) is 9.80. The molecular weight excluding hydrogens is 388 g/mol. The van der Waals surface area contributed by atoms with Crippen molar-refractivity contribution in [3.05, 3.63) is 52.7 Å². The molecule has 10 nitrogen and oxygen atoms in total. The van der Waals surface area contributed by atoms with E-state index in [0.29, 0.717) is 48.5 Å². The number of rotatable bonds is 5. The standard InChI is InChI=1S/C20H22N6O4/c1-13-23-17(30-24-13)10-21-19(28)14-6-8-25(9-7-14)18(27)11-26-12-22-16-5-3-2-4-15(16)20(26)29/h2-5,12,14H,6-11H2,1H3,(H,21,28). The predicted molar refractivity (Wildman–Crippen MR) is 106 cm³/mol. The van der Waals surface area contributed by atoms with Gasteiger partial charge in [0.15, 0.2) is 5.82 Å². The van der Waals surface area contributed by atoms with Gasteiger partial charge in [0, 0.05) is 19.0 Å². The summed E-state index contributed by atoms with van der Waals surface area (Å²) in [6.07, 6.45) is 2.53. The summed E-state index contributed by atoms with van der Waals surface area (Å²) in [7, 11) is 0. The summed E-state index contributed by atoms with van der Waals surface area (Å²) in [5.41, 5.74) is 0.369. The molecule has 10 heteroatoms. The van der Waals surface area contributed by atoms with E-state index >= 15 is 0 Å². The third-order valence-electron chi connectivity index (χ3n) is 5.24. The fraction of sp³-hybridized carbons (Fsp3) is 0.400. The normalized spacial score (nSPS) is 14.8. The van der Waals surface area contributed by atoms with Crippen molar-refractivity contribution in [1.29, 1.82) is 0 Å². The van der Waals surface area contributed by atoms with E-state index in [1.165, 1.54) is 10.9 Å². The van der Waals surface area contributed by atoms with Crippen LogP contribution in [-0.4, -0.2) is 49.5 Å². The third kappa shape index (κ3) is 4.22. The van der Waals surface area contributed by atoms with Gasteiger partial charge in [0.2, 0.25) is 17.7 Å². The van der Waals surface area contributed by atoms with Crippen molar-refractivity contribution in [1.82, 2.24) is 29.9 Å². The molecule has 1 saturated heterocycles. The number of para-hydroxylation sites is 1. The number of carbonyl (C=O) groups is 2. The predicted octanol–water partition coefficient (Wildman–Crippen LogP) is 0.643. The molecule has 1 aliphatic rings. The lowest BCUT2D eigenvalue weighted by Crippen LogP contribution is -2.44. The molecule has 0 atom stereocenters. The number of amides is 2. The van der Waals surface area contributed by atoms with E-state index < -0.39 is 0 Å². The Hall–Kier alpha value is -3.56. The van der Waals surface area contributed by atoms with Crippen molar-refractivity contribution >= 4 is 22.7 Å². The Morgan fingerprint density at radius 3 is 2.73 bits per heavy atom. The third-order valence-corrected chi connectivity index (χ3v) is 5.24. The molecule has 1 fully saturated rings. The highest BCUT2D eigenvalue weighted by Crippen LogP contribution is 2.18. The molecule has 0 saturated carbocycles. The summed E-state index contributed by atoms with van der Waals surface area (Å²) in [5, 5.41) is 6.97. The monoisotopic (exact) mass is 410 g/mol. The molecule has 0 unspecified atom stereocenters. The minimum absolute atomic E-state index is 0.0654. The fourth-order valence-electron chi connectivity index (χ4n) is 3.57. The molecule has 3 aromatic rings. The molecule has 0 spiro atoms. The molecule has 4 rings (SSSR count). The van der Waals surface area contributed by atoms with Crippen LogP contribution in [0.2, 0.25) is 0 Å². The zero-order chi connectivity index (χ0) is 21.1. The van der Waals surface area contributed by atoms with E-state index in [0.717, 1.165) is 0 Å². The van der Waals surface area contributed by atoms with Gasteiger partial charge in [-0.05, 0) is 31.9 Å². The molecule has 1 aliphatic heterocycles. The molecular formula is C20H22N6O4. The van der Waals surface area contributed by atoms with E-state index in [1.807, 2.05) is 6.07 Å². The highest BCUT2D eigenvalue weighted by molar-refractivity contribution is 5.80. The molecule has 156 valence electrons. The second kappa shape index (κ2) is 8.44. The lowest BCUT2D eigenvalue weighted by Gasteiger charge is -2.31. The SMILES string of the molecule is Cc1noc(CNC(=O)C2CCN(C(=O)Cn3cnc4ccccc4c3=O)CC2)n1. The Balaban J connectivity index is 1.30. The number of fused-ring (bicyclic) bond motifs is 1. The van der Waals surface area contributed by atoms with Gasteiger partial charge in [-0.3, -0.25) is 19.0 Å². The van der Waals surface area contributed by atoms with Crippen LogP contribution in [-0.2, 0) is 22.7 Å². The second-order valence-corrected chi connectivity index (χ2v) is 7.30. The van der Waals surface area contributed by atoms with Gasteiger partial charge in [0.1, 0.15) is 6.54 Å². The van der Waals surface area contributed by atoms with Crippen LogP contribution >= 0.6 is 0 Å². The highest BCUT2D eigenvalue weighted by atomic mass is 16.5. The Labute approximate surface area is 171 Å². The summed E-state index contributed by atoms with van der Waals surface area (Å²) in [6.45, 7) is 2.77. The Kier molecular flexibility index (Phi) is 5.55. The number of nitrogens with zero attached hydrogens (tertiary/aromatic N) is 5. The zero-order valence-corrected chi connectivity index (χ0v) is 16.6. The lowest BCUT2D eigenvalue weighted by molar-refractivity contribution is -0.136. The smallest absolute Gasteiger partial charge is 0.261 e. The first-order chi connectivity index (χ1) is 14.5. The van der Waals surface area contributed by atoms with Crippen molar-refractivity contribution in [2.75, 3.05) is 13.1 Å². The molecule has 30 heavy (non-hydrogen) atoms. The minimum Gasteiger partial charge on any atom is -0.347 e. The summed E-state index contributed by atoms with van der Waals surface area (Å²) >= 11 is 0. The van der Waals surface area contributed by atoms with Crippen molar-refractivity contribution in [3.63, 3.8) is 0 Å². The molecule has 1 aromatic carbocycles. The molecule has 2 amide bonds. The van der Waals surface area contributed by atoms with Gasteiger partial charge >= 0.3 is 0 Å². The largest absolute Gasteiger partial charge is 0.347 e. The molecule has 0 aliphatic carbocycles. The van der Waals surface area contributed by atoms with E-state index in [1.54, 1.807) is 30.0 Å². The topological polar surface area (TPSA) is 123 Å². The maximum atomic E-state index is 12.7. The minimum atomic E-state index is -0.237. The zero-order valence-electron chi connectivity index (χ0n) is 16.6. The molecule has 0 radical (unpaired) electrons.